The number of ether oxygens (including phenoxy) is 2. The fourth-order valence-electron chi connectivity index (χ4n) is 2.17. The highest BCUT2D eigenvalue weighted by Crippen LogP contribution is 2.27. The number of amidine groups is 1. The number of hydrogen-bond acceptors (Lipinski definition) is 4. The number of methoxy groups -OCH3 is 1. The standard InChI is InChI=1S/C13H19N3O2/c1-9-8-16(5-6-18-9)12-7-10(17-2)3-4-11(12)13(14)15/h3-4,7,9H,5-6,8H2,1-2H3,(H3,14,15). The van der Waals surface area contributed by atoms with Crippen molar-refractivity contribution >= 4 is 11.5 Å². The fraction of sp³-hybridized carbons (Fsp3) is 0.462. The number of rotatable bonds is 3. The van der Waals surface area contributed by atoms with Crippen LogP contribution in [0, 0.1) is 5.41 Å². The van der Waals surface area contributed by atoms with E-state index in [2.05, 4.69) is 4.90 Å². The Morgan fingerprint density at radius 3 is 2.94 bits per heavy atom. The molecular formula is C13H19N3O2. The van der Waals surface area contributed by atoms with E-state index < -0.39 is 0 Å². The Hall–Kier alpha value is -1.75. The highest BCUT2D eigenvalue weighted by molar-refractivity contribution is 6.00. The molecule has 0 radical (unpaired) electrons. The lowest BCUT2D eigenvalue weighted by atomic mass is 10.1. The molecule has 5 heteroatoms. The highest BCUT2D eigenvalue weighted by Gasteiger charge is 2.20. The molecule has 0 aromatic heterocycles. The molecule has 0 bridgehead atoms. The van der Waals surface area contributed by atoms with Gasteiger partial charge in [0.1, 0.15) is 11.6 Å². The fourth-order valence-corrected chi connectivity index (χ4v) is 2.17. The molecule has 0 aliphatic carbocycles. The molecule has 18 heavy (non-hydrogen) atoms. The van der Waals surface area contributed by atoms with Crippen molar-refractivity contribution < 1.29 is 9.47 Å². The smallest absolute Gasteiger partial charge is 0.124 e. The number of anilines is 1. The van der Waals surface area contributed by atoms with Crippen LogP contribution in [0.1, 0.15) is 12.5 Å². The van der Waals surface area contributed by atoms with Crippen LogP contribution in [0.2, 0.25) is 0 Å². The van der Waals surface area contributed by atoms with Crippen LogP contribution < -0.4 is 15.4 Å². The maximum atomic E-state index is 7.65. The Labute approximate surface area is 107 Å². The summed E-state index contributed by atoms with van der Waals surface area (Å²) in [5, 5.41) is 7.65. The van der Waals surface area contributed by atoms with Gasteiger partial charge in [-0.2, -0.15) is 0 Å². The Balaban J connectivity index is 2.36. The minimum atomic E-state index is 0.0757. The van der Waals surface area contributed by atoms with E-state index in [-0.39, 0.29) is 11.9 Å². The molecule has 5 nitrogen and oxygen atoms in total. The highest BCUT2D eigenvalue weighted by atomic mass is 16.5. The van der Waals surface area contributed by atoms with E-state index in [4.69, 9.17) is 20.6 Å². The topological polar surface area (TPSA) is 71.6 Å². The number of hydrogen-bond donors (Lipinski definition) is 2. The second-order valence-electron chi connectivity index (χ2n) is 4.42. The van der Waals surface area contributed by atoms with E-state index >= 15 is 0 Å². The molecule has 1 aliphatic rings. The third-order valence-corrected chi connectivity index (χ3v) is 3.08. The SMILES string of the molecule is COc1ccc(C(=N)N)c(N2CCOC(C)C2)c1. The number of benzene rings is 1. The predicted molar refractivity (Wildman–Crippen MR) is 71.6 cm³/mol. The van der Waals surface area contributed by atoms with Crippen LogP contribution in [0.3, 0.4) is 0 Å². The lowest BCUT2D eigenvalue weighted by molar-refractivity contribution is 0.0532. The van der Waals surface area contributed by atoms with Gasteiger partial charge in [0.15, 0.2) is 0 Å². The summed E-state index contributed by atoms with van der Waals surface area (Å²) in [7, 11) is 1.63. The Morgan fingerprint density at radius 1 is 1.56 bits per heavy atom. The van der Waals surface area contributed by atoms with Gasteiger partial charge < -0.3 is 20.1 Å². The summed E-state index contributed by atoms with van der Waals surface area (Å²) in [5.41, 5.74) is 7.31. The van der Waals surface area contributed by atoms with Gasteiger partial charge in [0.2, 0.25) is 0 Å². The van der Waals surface area contributed by atoms with Crippen molar-refractivity contribution in [2.24, 2.45) is 5.73 Å². The van der Waals surface area contributed by atoms with Gasteiger partial charge in [-0.25, -0.2) is 0 Å². The quantitative estimate of drug-likeness (QED) is 0.624. The Bertz CT molecular complexity index is 448. The zero-order chi connectivity index (χ0) is 13.1. The van der Waals surface area contributed by atoms with Gasteiger partial charge in [0, 0.05) is 24.7 Å². The summed E-state index contributed by atoms with van der Waals surface area (Å²) in [6.45, 7) is 4.33. The lowest BCUT2D eigenvalue weighted by Gasteiger charge is -2.34. The molecule has 0 spiro atoms. The molecule has 0 amide bonds. The van der Waals surface area contributed by atoms with Gasteiger partial charge in [-0.05, 0) is 19.1 Å². The van der Waals surface area contributed by atoms with Crippen molar-refractivity contribution in [2.45, 2.75) is 13.0 Å². The molecule has 2 rings (SSSR count). The van der Waals surface area contributed by atoms with E-state index in [1.807, 2.05) is 25.1 Å². The molecule has 1 aromatic rings. The molecule has 1 aliphatic heterocycles. The monoisotopic (exact) mass is 249 g/mol. The summed E-state index contributed by atoms with van der Waals surface area (Å²) in [6.07, 6.45) is 0.185. The van der Waals surface area contributed by atoms with Gasteiger partial charge in [-0.15, -0.1) is 0 Å². The molecule has 0 saturated carbocycles. The summed E-state index contributed by atoms with van der Waals surface area (Å²) in [6, 6.07) is 5.58. The van der Waals surface area contributed by atoms with E-state index in [9.17, 15) is 0 Å². The Morgan fingerprint density at radius 2 is 2.33 bits per heavy atom. The zero-order valence-electron chi connectivity index (χ0n) is 10.8. The van der Waals surface area contributed by atoms with Crippen molar-refractivity contribution in [1.82, 2.24) is 0 Å². The van der Waals surface area contributed by atoms with Crippen LogP contribution >= 0.6 is 0 Å². The van der Waals surface area contributed by atoms with Gasteiger partial charge in [-0.1, -0.05) is 0 Å². The number of nitrogens with one attached hydrogen (secondary N) is 1. The van der Waals surface area contributed by atoms with Crippen molar-refractivity contribution in [3.63, 3.8) is 0 Å². The number of nitrogens with zero attached hydrogens (tertiary/aromatic N) is 1. The van der Waals surface area contributed by atoms with Gasteiger partial charge >= 0.3 is 0 Å². The van der Waals surface area contributed by atoms with Crippen LogP contribution in [0.25, 0.3) is 0 Å². The second kappa shape index (κ2) is 5.27. The minimum absolute atomic E-state index is 0.0757. The molecule has 1 atom stereocenters. The maximum absolute atomic E-state index is 7.65. The number of morpholine rings is 1. The largest absolute Gasteiger partial charge is 0.497 e. The van der Waals surface area contributed by atoms with Gasteiger partial charge in [0.25, 0.3) is 0 Å². The maximum Gasteiger partial charge on any atom is 0.124 e. The first-order valence-corrected chi connectivity index (χ1v) is 6.01. The zero-order valence-corrected chi connectivity index (χ0v) is 10.8. The molecule has 1 saturated heterocycles. The molecule has 3 N–H and O–H groups in total. The average molecular weight is 249 g/mol. The third kappa shape index (κ3) is 2.56. The molecule has 98 valence electrons. The molecule has 1 heterocycles. The summed E-state index contributed by atoms with van der Waals surface area (Å²) in [4.78, 5) is 2.19. The molecular weight excluding hydrogens is 230 g/mol. The first-order valence-electron chi connectivity index (χ1n) is 6.01. The number of nitrogen functional groups attached to an aromatic ring is 1. The second-order valence-corrected chi connectivity index (χ2v) is 4.42. The average Bonchev–Trinajstić information content (AvgIpc) is 2.38. The van der Waals surface area contributed by atoms with Crippen molar-refractivity contribution in [3.05, 3.63) is 23.8 Å². The first-order chi connectivity index (χ1) is 8.61. The van der Waals surface area contributed by atoms with Crippen LogP contribution in [-0.4, -0.2) is 38.7 Å². The van der Waals surface area contributed by atoms with Crippen LogP contribution in [0.15, 0.2) is 18.2 Å². The van der Waals surface area contributed by atoms with E-state index in [1.54, 1.807) is 7.11 Å². The van der Waals surface area contributed by atoms with E-state index in [1.165, 1.54) is 0 Å². The normalized spacial score (nSPS) is 19.7. The molecule has 1 fully saturated rings. The van der Waals surface area contributed by atoms with Crippen molar-refractivity contribution in [3.8, 4) is 5.75 Å². The van der Waals surface area contributed by atoms with Crippen molar-refractivity contribution in [2.75, 3.05) is 31.7 Å². The van der Waals surface area contributed by atoms with Gasteiger partial charge in [-0.3, -0.25) is 5.41 Å². The van der Waals surface area contributed by atoms with Crippen LogP contribution in [0.5, 0.6) is 5.75 Å². The molecule has 1 unspecified atom stereocenters. The van der Waals surface area contributed by atoms with Crippen LogP contribution in [-0.2, 0) is 4.74 Å². The lowest BCUT2D eigenvalue weighted by Crippen LogP contribution is -2.42. The van der Waals surface area contributed by atoms with Gasteiger partial charge in [0.05, 0.1) is 25.5 Å². The first kappa shape index (κ1) is 12.7. The van der Waals surface area contributed by atoms with Crippen LogP contribution in [0.4, 0.5) is 5.69 Å². The summed E-state index contributed by atoms with van der Waals surface area (Å²) >= 11 is 0. The van der Waals surface area contributed by atoms with Crippen molar-refractivity contribution in [1.29, 1.82) is 5.41 Å². The third-order valence-electron chi connectivity index (χ3n) is 3.08. The van der Waals surface area contributed by atoms with E-state index in [0.717, 1.165) is 30.1 Å². The molecule has 1 aromatic carbocycles. The summed E-state index contributed by atoms with van der Waals surface area (Å²) < 4.78 is 10.8. The minimum Gasteiger partial charge on any atom is -0.497 e. The van der Waals surface area contributed by atoms with E-state index in [0.29, 0.717) is 6.61 Å². The number of nitrogens with two attached hydrogens (primary N) is 1. The summed E-state index contributed by atoms with van der Waals surface area (Å²) in [5.74, 6) is 0.848. The Kier molecular flexibility index (Phi) is 3.72. The predicted octanol–water partition coefficient (Wildman–Crippen LogP) is 1.20.